The Bertz CT molecular complexity index is 596. The molecule has 174 valence electrons. The van der Waals surface area contributed by atoms with Gasteiger partial charge in [0.15, 0.2) is 12.0 Å². The lowest BCUT2D eigenvalue weighted by Crippen LogP contribution is -2.59. The van der Waals surface area contributed by atoms with Crippen LogP contribution >= 0.6 is 0 Å². The zero-order valence-corrected chi connectivity index (χ0v) is 19.7. The van der Waals surface area contributed by atoms with Crippen LogP contribution in [0.25, 0.3) is 0 Å². The molecule has 0 aromatic rings. The standard InChI is InChI=1S/C21H40N4O5/c1-9-10-15(23-7)19(28)24-21(6,12-26)30-17(14(4)5)20(29)25(8)16(18(22)27)11-13(2)3/h12-17,23H,9-11H2,1-8H3,(H2,22,27)(H,24,28). The molecule has 0 fully saturated rings. The summed E-state index contributed by atoms with van der Waals surface area (Å²) in [7, 11) is 3.15. The maximum atomic E-state index is 13.1. The molecule has 0 aliphatic heterocycles. The summed E-state index contributed by atoms with van der Waals surface area (Å²) >= 11 is 0. The fourth-order valence-corrected chi connectivity index (χ4v) is 3.11. The van der Waals surface area contributed by atoms with Crippen molar-refractivity contribution in [3.63, 3.8) is 0 Å². The third kappa shape index (κ3) is 8.39. The molecule has 9 nitrogen and oxygen atoms in total. The maximum Gasteiger partial charge on any atom is 0.252 e. The van der Waals surface area contributed by atoms with Crippen LogP contribution in [0.5, 0.6) is 0 Å². The number of carbonyl (C=O) groups excluding carboxylic acids is 4. The van der Waals surface area contributed by atoms with E-state index in [1.807, 2.05) is 20.8 Å². The third-order valence-corrected chi connectivity index (χ3v) is 4.90. The monoisotopic (exact) mass is 428 g/mol. The summed E-state index contributed by atoms with van der Waals surface area (Å²) in [5.74, 6) is -1.65. The molecule has 30 heavy (non-hydrogen) atoms. The van der Waals surface area contributed by atoms with Crippen molar-refractivity contribution in [1.29, 1.82) is 0 Å². The molecule has 0 radical (unpaired) electrons. The molecule has 0 aliphatic rings. The van der Waals surface area contributed by atoms with Gasteiger partial charge >= 0.3 is 0 Å². The summed E-state index contributed by atoms with van der Waals surface area (Å²) in [5.41, 5.74) is 3.80. The Morgan fingerprint density at radius 2 is 1.77 bits per heavy atom. The number of hydrogen-bond acceptors (Lipinski definition) is 6. The molecule has 4 atom stereocenters. The van der Waals surface area contributed by atoms with Gasteiger partial charge in [-0.1, -0.05) is 41.0 Å². The number of rotatable bonds is 14. The van der Waals surface area contributed by atoms with E-state index < -0.39 is 41.6 Å². The lowest BCUT2D eigenvalue weighted by atomic mass is 9.99. The Balaban J connectivity index is 5.61. The number of hydrogen-bond donors (Lipinski definition) is 3. The molecule has 0 aliphatic carbocycles. The van der Waals surface area contributed by atoms with Gasteiger partial charge in [0.05, 0.1) is 6.04 Å². The van der Waals surface area contributed by atoms with E-state index in [2.05, 4.69) is 10.6 Å². The molecule has 0 aromatic carbocycles. The molecule has 0 saturated heterocycles. The Hall–Kier alpha value is -2.00. The van der Waals surface area contributed by atoms with Crippen molar-refractivity contribution in [3.05, 3.63) is 0 Å². The molecule has 0 bridgehead atoms. The van der Waals surface area contributed by atoms with Crippen LogP contribution in [0, 0.1) is 11.8 Å². The van der Waals surface area contributed by atoms with Crippen molar-refractivity contribution < 1.29 is 23.9 Å². The first kappa shape index (κ1) is 28.0. The van der Waals surface area contributed by atoms with E-state index in [-0.39, 0.29) is 11.8 Å². The van der Waals surface area contributed by atoms with E-state index in [0.29, 0.717) is 19.1 Å². The number of nitrogens with two attached hydrogens (primary N) is 1. The van der Waals surface area contributed by atoms with Crippen LogP contribution in [0.1, 0.15) is 60.8 Å². The predicted molar refractivity (Wildman–Crippen MR) is 115 cm³/mol. The number of amides is 3. The highest BCUT2D eigenvalue weighted by atomic mass is 16.5. The highest BCUT2D eigenvalue weighted by Gasteiger charge is 2.39. The first-order valence-corrected chi connectivity index (χ1v) is 10.5. The molecule has 0 saturated carbocycles. The number of nitrogens with zero attached hydrogens (tertiary/aromatic N) is 1. The minimum absolute atomic E-state index is 0.146. The molecule has 0 heterocycles. The van der Waals surface area contributed by atoms with E-state index in [4.69, 9.17) is 10.5 Å². The van der Waals surface area contributed by atoms with Crippen molar-refractivity contribution in [2.45, 2.75) is 84.7 Å². The van der Waals surface area contributed by atoms with Gasteiger partial charge in [0, 0.05) is 7.05 Å². The summed E-state index contributed by atoms with van der Waals surface area (Å²) < 4.78 is 5.84. The molecular weight excluding hydrogens is 388 g/mol. The molecular formula is C21H40N4O5. The molecule has 4 unspecified atom stereocenters. The van der Waals surface area contributed by atoms with Gasteiger partial charge in [-0.05, 0) is 38.6 Å². The topological polar surface area (TPSA) is 131 Å². The van der Waals surface area contributed by atoms with Crippen LogP contribution in [-0.2, 0) is 23.9 Å². The Morgan fingerprint density at radius 1 is 1.20 bits per heavy atom. The second-order valence-electron chi connectivity index (χ2n) is 8.62. The van der Waals surface area contributed by atoms with E-state index in [0.717, 1.165) is 6.42 Å². The van der Waals surface area contributed by atoms with Gasteiger partial charge < -0.3 is 26.0 Å². The van der Waals surface area contributed by atoms with E-state index in [1.54, 1.807) is 20.9 Å². The van der Waals surface area contributed by atoms with Crippen LogP contribution in [0.4, 0.5) is 0 Å². The molecule has 9 heteroatoms. The minimum Gasteiger partial charge on any atom is -0.368 e. The lowest BCUT2D eigenvalue weighted by Gasteiger charge is -2.36. The van der Waals surface area contributed by atoms with Crippen LogP contribution in [0.2, 0.25) is 0 Å². The molecule has 0 aromatic heterocycles. The van der Waals surface area contributed by atoms with Gasteiger partial charge in [-0.25, -0.2) is 0 Å². The quantitative estimate of drug-likeness (QED) is 0.277. The molecule has 0 rings (SSSR count). The summed E-state index contributed by atoms with van der Waals surface area (Å²) in [6.07, 6.45) is 1.18. The highest BCUT2D eigenvalue weighted by molar-refractivity contribution is 5.89. The Kier molecular flexibility index (Phi) is 11.8. The zero-order chi connectivity index (χ0) is 23.6. The normalized spacial score (nSPS) is 16.5. The molecule has 4 N–H and O–H groups in total. The second-order valence-corrected chi connectivity index (χ2v) is 8.62. The number of carbonyl (C=O) groups is 4. The van der Waals surface area contributed by atoms with Crippen molar-refractivity contribution in [2.24, 2.45) is 17.6 Å². The zero-order valence-electron chi connectivity index (χ0n) is 19.7. The fourth-order valence-electron chi connectivity index (χ4n) is 3.11. The van der Waals surface area contributed by atoms with Gasteiger partial charge in [0.2, 0.25) is 11.8 Å². The van der Waals surface area contributed by atoms with Crippen LogP contribution in [-0.4, -0.2) is 66.9 Å². The number of likely N-dealkylation sites (N-methyl/N-ethyl adjacent to an activating group) is 2. The van der Waals surface area contributed by atoms with Crippen LogP contribution in [0.3, 0.4) is 0 Å². The summed E-state index contributed by atoms with van der Waals surface area (Å²) in [6, 6.07) is -1.28. The van der Waals surface area contributed by atoms with E-state index in [1.165, 1.54) is 18.9 Å². The van der Waals surface area contributed by atoms with Crippen molar-refractivity contribution in [1.82, 2.24) is 15.5 Å². The van der Waals surface area contributed by atoms with Gasteiger partial charge in [0.1, 0.15) is 12.1 Å². The highest BCUT2D eigenvalue weighted by Crippen LogP contribution is 2.20. The lowest BCUT2D eigenvalue weighted by molar-refractivity contribution is -0.172. The number of primary amides is 1. The van der Waals surface area contributed by atoms with Crippen molar-refractivity contribution in [3.8, 4) is 0 Å². The molecule has 0 spiro atoms. The SMILES string of the molecule is CCCC(NC)C(=O)NC(C)(C=O)OC(C(=O)N(C)C(CC(C)C)C(N)=O)C(C)C. The number of aldehydes is 1. The van der Waals surface area contributed by atoms with Crippen molar-refractivity contribution in [2.75, 3.05) is 14.1 Å². The van der Waals surface area contributed by atoms with Crippen LogP contribution < -0.4 is 16.4 Å². The van der Waals surface area contributed by atoms with Gasteiger partial charge in [-0.15, -0.1) is 0 Å². The second kappa shape index (κ2) is 12.6. The van der Waals surface area contributed by atoms with E-state index >= 15 is 0 Å². The maximum absolute atomic E-state index is 13.1. The van der Waals surface area contributed by atoms with Crippen LogP contribution in [0.15, 0.2) is 0 Å². The molecule has 3 amide bonds. The smallest absolute Gasteiger partial charge is 0.252 e. The number of nitrogens with one attached hydrogen (secondary N) is 2. The average molecular weight is 429 g/mol. The Morgan fingerprint density at radius 3 is 2.13 bits per heavy atom. The predicted octanol–water partition coefficient (Wildman–Crippen LogP) is 0.805. The number of ether oxygens (including phenoxy) is 1. The van der Waals surface area contributed by atoms with Crippen molar-refractivity contribution >= 4 is 24.0 Å². The summed E-state index contributed by atoms with van der Waals surface area (Å²) in [6.45, 7) is 10.7. The third-order valence-electron chi connectivity index (χ3n) is 4.90. The van der Waals surface area contributed by atoms with Gasteiger partial charge in [0.25, 0.3) is 5.91 Å². The largest absolute Gasteiger partial charge is 0.368 e. The average Bonchev–Trinajstić information content (AvgIpc) is 2.66. The van der Waals surface area contributed by atoms with Gasteiger partial charge in [-0.2, -0.15) is 0 Å². The van der Waals surface area contributed by atoms with E-state index in [9.17, 15) is 19.2 Å². The minimum atomic E-state index is -1.70. The Labute approximate surface area is 180 Å². The summed E-state index contributed by atoms with van der Waals surface area (Å²) in [5, 5.41) is 5.49. The fraction of sp³-hybridized carbons (Fsp3) is 0.810. The summed E-state index contributed by atoms with van der Waals surface area (Å²) in [4.78, 5) is 50.7. The first-order chi connectivity index (χ1) is 13.8. The van der Waals surface area contributed by atoms with Gasteiger partial charge in [-0.3, -0.25) is 19.2 Å². The first-order valence-electron chi connectivity index (χ1n) is 10.5.